The number of allylic oxidation sites excluding steroid dienone is 3. The number of carbonyl (C=O) groups excluding carboxylic acids is 2. The molecule has 4 heteroatoms. The van der Waals surface area contributed by atoms with Gasteiger partial charge in [-0.05, 0) is 61.0 Å². The van der Waals surface area contributed by atoms with Gasteiger partial charge in [-0.2, -0.15) is 0 Å². The average Bonchev–Trinajstić information content (AvgIpc) is 3.16. The van der Waals surface area contributed by atoms with Gasteiger partial charge in [-0.1, -0.05) is 68.7 Å². The van der Waals surface area contributed by atoms with E-state index >= 15 is 0 Å². The van der Waals surface area contributed by atoms with Crippen molar-refractivity contribution in [2.45, 2.75) is 84.8 Å². The van der Waals surface area contributed by atoms with Crippen LogP contribution in [0.5, 0.6) is 0 Å². The van der Waals surface area contributed by atoms with Crippen molar-refractivity contribution in [3.8, 4) is 0 Å². The van der Waals surface area contributed by atoms with E-state index in [0.29, 0.717) is 29.2 Å². The van der Waals surface area contributed by atoms with Crippen LogP contribution in [0.25, 0.3) is 0 Å². The Labute approximate surface area is 203 Å². The SMILES string of the molecule is CC[C@H]1CC[C@H]2C3=CC=C4C[C@@H](OC(C)=O)C[C@H](OC(=O)c5ccccc5)[C@]4(C)[C@H]3CC[C@]12C. The molecule has 0 spiro atoms. The number of esters is 2. The highest BCUT2D eigenvalue weighted by Crippen LogP contribution is 2.65. The summed E-state index contributed by atoms with van der Waals surface area (Å²) in [4.78, 5) is 25.0. The third-order valence-corrected chi connectivity index (χ3v) is 9.88. The lowest BCUT2D eigenvalue weighted by Gasteiger charge is -2.56. The van der Waals surface area contributed by atoms with Gasteiger partial charge in [-0.15, -0.1) is 0 Å². The Kier molecular flexibility index (Phi) is 5.98. The molecule has 182 valence electrons. The molecule has 0 N–H and O–H groups in total. The highest BCUT2D eigenvalue weighted by molar-refractivity contribution is 5.89. The molecule has 4 nitrogen and oxygen atoms in total. The summed E-state index contributed by atoms with van der Waals surface area (Å²) in [5.41, 5.74) is 3.51. The smallest absolute Gasteiger partial charge is 0.338 e. The molecular formula is C30H38O4. The molecule has 0 bridgehead atoms. The van der Waals surface area contributed by atoms with Gasteiger partial charge < -0.3 is 9.47 Å². The lowest BCUT2D eigenvalue weighted by molar-refractivity contribution is -0.151. The topological polar surface area (TPSA) is 52.6 Å². The molecule has 7 atom stereocenters. The number of hydrogen-bond donors (Lipinski definition) is 0. The molecule has 3 saturated carbocycles. The summed E-state index contributed by atoms with van der Waals surface area (Å²) in [5, 5.41) is 0. The van der Waals surface area contributed by atoms with Crippen molar-refractivity contribution in [1.29, 1.82) is 0 Å². The van der Waals surface area contributed by atoms with Crippen LogP contribution >= 0.6 is 0 Å². The molecule has 0 unspecified atom stereocenters. The molecular weight excluding hydrogens is 424 g/mol. The minimum atomic E-state index is -0.328. The third-order valence-electron chi connectivity index (χ3n) is 9.88. The molecule has 3 fully saturated rings. The molecule has 4 aliphatic carbocycles. The zero-order chi connectivity index (χ0) is 24.1. The molecule has 4 aliphatic rings. The van der Waals surface area contributed by atoms with E-state index in [9.17, 15) is 9.59 Å². The first kappa shape index (κ1) is 23.4. The molecule has 1 aromatic carbocycles. The molecule has 0 amide bonds. The number of ether oxygens (including phenoxy) is 2. The van der Waals surface area contributed by atoms with Crippen LogP contribution in [-0.2, 0) is 14.3 Å². The summed E-state index contributed by atoms with van der Waals surface area (Å²) in [7, 11) is 0. The van der Waals surface area contributed by atoms with Crippen LogP contribution in [0.1, 0.15) is 83.0 Å². The Morgan fingerprint density at radius 3 is 2.47 bits per heavy atom. The van der Waals surface area contributed by atoms with Crippen LogP contribution in [0.3, 0.4) is 0 Å². The Morgan fingerprint density at radius 2 is 1.76 bits per heavy atom. The number of carbonyl (C=O) groups is 2. The summed E-state index contributed by atoms with van der Waals surface area (Å²) in [6, 6.07) is 9.23. The average molecular weight is 463 g/mol. The van der Waals surface area contributed by atoms with E-state index in [4.69, 9.17) is 9.47 Å². The van der Waals surface area contributed by atoms with Gasteiger partial charge in [-0.25, -0.2) is 4.79 Å². The second-order valence-electron chi connectivity index (χ2n) is 11.4. The van der Waals surface area contributed by atoms with Gasteiger partial charge in [0.1, 0.15) is 12.2 Å². The van der Waals surface area contributed by atoms with Crippen molar-refractivity contribution in [3.05, 3.63) is 59.2 Å². The fourth-order valence-corrected chi connectivity index (χ4v) is 8.05. The molecule has 5 rings (SSSR count). The maximum atomic E-state index is 13.2. The summed E-state index contributed by atoms with van der Waals surface area (Å²) in [5.74, 6) is 1.21. The van der Waals surface area contributed by atoms with Crippen LogP contribution in [0.2, 0.25) is 0 Å². The minimum Gasteiger partial charge on any atom is -0.462 e. The van der Waals surface area contributed by atoms with Gasteiger partial charge in [-0.3, -0.25) is 4.79 Å². The van der Waals surface area contributed by atoms with E-state index in [-0.39, 0.29) is 29.6 Å². The normalized spacial score (nSPS) is 38.5. The first-order valence-corrected chi connectivity index (χ1v) is 13.1. The fourth-order valence-electron chi connectivity index (χ4n) is 8.05. The molecule has 0 saturated heterocycles. The summed E-state index contributed by atoms with van der Waals surface area (Å²) >= 11 is 0. The second kappa shape index (κ2) is 8.70. The van der Waals surface area contributed by atoms with Crippen LogP contribution in [0.15, 0.2) is 53.6 Å². The maximum Gasteiger partial charge on any atom is 0.338 e. The van der Waals surface area contributed by atoms with E-state index in [1.807, 2.05) is 18.2 Å². The number of hydrogen-bond acceptors (Lipinski definition) is 4. The third kappa shape index (κ3) is 3.65. The van der Waals surface area contributed by atoms with Gasteiger partial charge in [0.15, 0.2) is 0 Å². The summed E-state index contributed by atoms with van der Waals surface area (Å²) < 4.78 is 12.0. The molecule has 0 aliphatic heterocycles. The van der Waals surface area contributed by atoms with Gasteiger partial charge in [0.05, 0.1) is 5.56 Å². The zero-order valence-electron chi connectivity index (χ0n) is 21.0. The Balaban J connectivity index is 1.50. The first-order chi connectivity index (χ1) is 16.3. The Morgan fingerprint density at radius 1 is 1.00 bits per heavy atom. The lowest BCUT2D eigenvalue weighted by Crippen LogP contribution is -2.54. The first-order valence-electron chi connectivity index (χ1n) is 13.1. The predicted molar refractivity (Wildman–Crippen MR) is 132 cm³/mol. The van der Waals surface area contributed by atoms with Gasteiger partial charge in [0.2, 0.25) is 0 Å². The van der Waals surface area contributed by atoms with Gasteiger partial charge in [0, 0.05) is 25.2 Å². The van der Waals surface area contributed by atoms with E-state index in [2.05, 4.69) is 32.9 Å². The Bertz CT molecular complexity index is 1020. The van der Waals surface area contributed by atoms with Crippen LogP contribution in [-0.4, -0.2) is 24.1 Å². The molecule has 0 heterocycles. The summed E-state index contributed by atoms with van der Waals surface area (Å²) in [6.07, 6.45) is 11.5. The van der Waals surface area contributed by atoms with E-state index < -0.39 is 0 Å². The van der Waals surface area contributed by atoms with Gasteiger partial charge in [0.25, 0.3) is 0 Å². The van der Waals surface area contributed by atoms with Crippen molar-refractivity contribution in [3.63, 3.8) is 0 Å². The zero-order valence-corrected chi connectivity index (χ0v) is 21.0. The van der Waals surface area contributed by atoms with Crippen molar-refractivity contribution >= 4 is 11.9 Å². The van der Waals surface area contributed by atoms with Crippen molar-refractivity contribution in [2.75, 3.05) is 0 Å². The predicted octanol–water partition coefficient (Wildman–Crippen LogP) is 6.66. The molecule has 34 heavy (non-hydrogen) atoms. The summed E-state index contributed by atoms with van der Waals surface area (Å²) in [6.45, 7) is 8.62. The minimum absolute atomic E-state index is 0.259. The lowest BCUT2D eigenvalue weighted by atomic mass is 9.49. The fraction of sp³-hybridized carbons (Fsp3) is 0.600. The van der Waals surface area contributed by atoms with Crippen LogP contribution in [0.4, 0.5) is 0 Å². The van der Waals surface area contributed by atoms with E-state index in [1.165, 1.54) is 38.2 Å². The standard InChI is InChI=1S/C30H38O4/c1-5-21-12-14-25-24-13-11-22-17-23(33-19(2)31)18-27(34-28(32)20-9-7-6-8-10-20)30(22,4)26(24)15-16-29(21,25)3/h6-11,13,21,23,25-27H,5,12,14-18H2,1-4H3/t21-,23+,25-,26-,27-,29+,30-/m0/s1. The van der Waals surface area contributed by atoms with Gasteiger partial charge >= 0.3 is 11.9 Å². The number of benzene rings is 1. The van der Waals surface area contributed by atoms with Crippen molar-refractivity contribution in [2.24, 2.45) is 28.6 Å². The second-order valence-corrected chi connectivity index (χ2v) is 11.4. The maximum absolute atomic E-state index is 13.2. The monoisotopic (exact) mass is 462 g/mol. The highest BCUT2D eigenvalue weighted by Gasteiger charge is 2.59. The van der Waals surface area contributed by atoms with E-state index in [1.54, 1.807) is 17.7 Å². The van der Waals surface area contributed by atoms with Crippen LogP contribution in [0, 0.1) is 28.6 Å². The molecule has 0 radical (unpaired) electrons. The van der Waals surface area contributed by atoms with Crippen molar-refractivity contribution in [1.82, 2.24) is 0 Å². The van der Waals surface area contributed by atoms with Crippen LogP contribution < -0.4 is 0 Å². The molecule has 1 aromatic rings. The molecule has 0 aromatic heterocycles. The van der Waals surface area contributed by atoms with E-state index in [0.717, 1.165) is 18.8 Å². The highest BCUT2D eigenvalue weighted by atomic mass is 16.6. The Hall–Kier alpha value is -2.36. The number of fused-ring (bicyclic) bond motifs is 5. The largest absolute Gasteiger partial charge is 0.462 e. The quantitative estimate of drug-likeness (QED) is 0.469. The number of rotatable bonds is 4. The van der Waals surface area contributed by atoms with Crippen molar-refractivity contribution < 1.29 is 19.1 Å².